The number of amides is 2. The maximum atomic E-state index is 13.4. The Kier molecular flexibility index (Phi) is 10.9. The van der Waals surface area contributed by atoms with E-state index in [1.165, 1.54) is 24.8 Å². The number of nitrogens with zero attached hydrogens (tertiary/aromatic N) is 1. The molecule has 0 bridgehead atoms. The number of hydrogen-bond donors (Lipinski definition) is 2. The first-order valence-electron chi connectivity index (χ1n) is 13.5. The van der Waals surface area contributed by atoms with Gasteiger partial charge in [-0.1, -0.05) is 6.07 Å². The second-order valence-electron chi connectivity index (χ2n) is 10.8. The van der Waals surface area contributed by atoms with E-state index in [2.05, 4.69) is 29.4 Å². The van der Waals surface area contributed by atoms with Crippen LogP contribution in [-0.4, -0.2) is 68.4 Å². The lowest BCUT2D eigenvalue weighted by Crippen LogP contribution is -2.54. The molecule has 1 saturated carbocycles. The summed E-state index contributed by atoms with van der Waals surface area (Å²) in [5, 5.41) is 5.38. The van der Waals surface area contributed by atoms with E-state index in [1.807, 2.05) is 13.3 Å². The molecule has 0 saturated heterocycles. The number of sulfone groups is 1. The second-order valence-corrected chi connectivity index (χ2v) is 13.7. The van der Waals surface area contributed by atoms with Crippen molar-refractivity contribution in [3.05, 3.63) is 59.7 Å². The molecule has 0 unspecified atom stereocenters. The first kappa shape index (κ1) is 32.9. The average Bonchev–Trinajstić information content (AvgIpc) is 2.92. The van der Waals surface area contributed by atoms with Crippen molar-refractivity contribution in [3.8, 4) is 0 Å². The van der Waals surface area contributed by atoms with Crippen LogP contribution in [0.2, 0.25) is 0 Å². The van der Waals surface area contributed by atoms with Crippen molar-refractivity contribution in [2.75, 3.05) is 19.1 Å². The molecule has 3 rings (SSSR count). The van der Waals surface area contributed by atoms with Crippen LogP contribution in [0.5, 0.6) is 0 Å². The zero-order chi connectivity index (χ0) is 30.5. The first-order valence-corrected chi connectivity index (χ1v) is 16.4. The standard InChI is InChI=1S/C29H38F3N3O4S2/c1-18(2)35(4)23-9-14-26(21(16-23)17-41(38,39)25-12-10-24(40-5)11-13-25)34-27(36)19(3)33-28(37)20-7-6-8-22(15-20)29(30,31)32/h6-8,10-13,15,18-19,21,23,26H,9,14,16-17H2,1-5H3,(H,33,37)(H,34,36)/t19-,21-,23+,26-/m0/s1. The van der Waals surface area contributed by atoms with Gasteiger partial charge in [-0.2, -0.15) is 13.2 Å². The quantitative estimate of drug-likeness (QED) is 0.366. The largest absolute Gasteiger partial charge is 0.416 e. The zero-order valence-electron chi connectivity index (χ0n) is 23.9. The number of hydrogen-bond acceptors (Lipinski definition) is 6. The Morgan fingerprint density at radius 1 is 1.07 bits per heavy atom. The molecule has 2 amide bonds. The highest BCUT2D eigenvalue weighted by Gasteiger charge is 2.37. The molecular formula is C29H38F3N3O4S2. The van der Waals surface area contributed by atoms with Gasteiger partial charge in [0.05, 0.1) is 16.2 Å². The van der Waals surface area contributed by atoms with Gasteiger partial charge in [-0.15, -0.1) is 11.8 Å². The second kappa shape index (κ2) is 13.6. The Labute approximate surface area is 244 Å². The minimum atomic E-state index is -4.60. The zero-order valence-corrected chi connectivity index (χ0v) is 25.5. The van der Waals surface area contributed by atoms with E-state index < -0.39 is 45.5 Å². The van der Waals surface area contributed by atoms with Crippen molar-refractivity contribution in [2.24, 2.45) is 5.92 Å². The van der Waals surface area contributed by atoms with Crippen molar-refractivity contribution < 1.29 is 31.2 Å². The average molecular weight is 614 g/mol. The fourth-order valence-corrected chi connectivity index (χ4v) is 7.14. The lowest BCUT2D eigenvalue weighted by molar-refractivity contribution is -0.137. The van der Waals surface area contributed by atoms with Gasteiger partial charge >= 0.3 is 6.18 Å². The monoisotopic (exact) mass is 613 g/mol. The Morgan fingerprint density at radius 2 is 1.73 bits per heavy atom. The third-order valence-electron chi connectivity index (χ3n) is 7.72. The molecule has 0 spiro atoms. The third kappa shape index (κ3) is 8.71. The van der Waals surface area contributed by atoms with Crippen molar-refractivity contribution in [3.63, 3.8) is 0 Å². The van der Waals surface area contributed by atoms with Gasteiger partial charge in [0.1, 0.15) is 6.04 Å². The normalized spacial score (nSPS) is 20.6. The van der Waals surface area contributed by atoms with Gasteiger partial charge in [0.15, 0.2) is 9.84 Å². The van der Waals surface area contributed by atoms with E-state index in [4.69, 9.17) is 0 Å². The molecule has 1 aliphatic carbocycles. The van der Waals surface area contributed by atoms with E-state index in [-0.39, 0.29) is 34.2 Å². The van der Waals surface area contributed by atoms with Crippen LogP contribution in [0.25, 0.3) is 0 Å². The Balaban J connectivity index is 1.74. The number of halogens is 3. The summed E-state index contributed by atoms with van der Waals surface area (Å²) in [5.74, 6) is -1.87. The molecule has 7 nitrogen and oxygen atoms in total. The molecule has 12 heteroatoms. The van der Waals surface area contributed by atoms with Crippen LogP contribution in [0.15, 0.2) is 58.3 Å². The maximum absolute atomic E-state index is 13.4. The summed E-state index contributed by atoms with van der Waals surface area (Å²) in [5.41, 5.74) is -1.18. The molecular weight excluding hydrogens is 575 g/mol. The number of carbonyl (C=O) groups excluding carboxylic acids is 2. The molecule has 1 aliphatic rings. The lowest BCUT2D eigenvalue weighted by Gasteiger charge is -2.42. The molecule has 0 aromatic heterocycles. The van der Waals surface area contributed by atoms with Crippen molar-refractivity contribution in [1.82, 2.24) is 15.5 Å². The van der Waals surface area contributed by atoms with Crippen molar-refractivity contribution in [1.29, 1.82) is 0 Å². The van der Waals surface area contributed by atoms with Gasteiger partial charge < -0.3 is 15.5 Å². The summed E-state index contributed by atoms with van der Waals surface area (Å²) in [6.07, 6.45) is -0.828. The number of rotatable bonds is 10. The van der Waals surface area contributed by atoms with Crippen LogP contribution < -0.4 is 10.6 Å². The highest BCUT2D eigenvalue weighted by molar-refractivity contribution is 7.98. The lowest BCUT2D eigenvalue weighted by atomic mass is 9.81. The number of alkyl halides is 3. The summed E-state index contributed by atoms with van der Waals surface area (Å²) in [6, 6.07) is 9.60. The molecule has 226 valence electrons. The molecule has 41 heavy (non-hydrogen) atoms. The molecule has 0 heterocycles. The fourth-order valence-electron chi connectivity index (χ4n) is 5.06. The third-order valence-corrected chi connectivity index (χ3v) is 10.3. The number of benzene rings is 2. The first-order chi connectivity index (χ1) is 19.1. The molecule has 2 aromatic carbocycles. The van der Waals surface area contributed by atoms with E-state index >= 15 is 0 Å². The smallest absolute Gasteiger partial charge is 0.351 e. The van der Waals surface area contributed by atoms with Crippen molar-refractivity contribution >= 4 is 33.4 Å². The molecule has 1 fully saturated rings. The van der Waals surface area contributed by atoms with Crippen molar-refractivity contribution in [2.45, 2.75) is 80.2 Å². The van der Waals surface area contributed by atoms with E-state index in [9.17, 15) is 31.2 Å². The van der Waals surface area contributed by atoms with Crippen LogP contribution in [0.3, 0.4) is 0 Å². The van der Waals surface area contributed by atoms with Crippen LogP contribution in [0.1, 0.15) is 56.0 Å². The minimum absolute atomic E-state index is 0.139. The highest BCUT2D eigenvalue weighted by atomic mass is 32.2. The Morgan fingerprint density at radius 3 is 2.32 bits per heavy atom. The van der Waals surface area contributed by atoms with Crippen LogP contribution >= 0.6 is 11.8 Å². The van der Waals surface area contributed by atoms with Gasteiger partial charge in [-0.05, 0) is 102 Å². The summed E-state index contributed by atoms with van der Waals surface area (Å²) < 4.78 is 66.0. The van der Waals surface area contributed by atoms with Crippen LogP contribution in [0.4, 0.5) is 13.2 Å². The Bertz CT molecular complexity index is 1320. The number of carbonyl (C=O) groups is 2. The summed E-state index contributed by atoms with van der Waals surface area (Å²) >= 11 is 1.52. The molecule has 0 radical (unpaired) electrons. The van der Waals surface area contributed by atoms with Gasteiger partial charge in [0.25, 0.3) is 5.91 Å². The SMILES string of the molecule is CSc1ccc(S(=O)(=O)C[C@@H]2C[C@H](N(C)C(C)C)CC[C@@H]2NC(=O)[C@H](C)NC(=O)c2cccc(C(F)(F)F)c2)cc1. The maximum Gasteiger partial charge on any atom is 0.416 e. The summed E-state index contributed by atoms with van der Waals surface area (Å²) in [4.78, 5) is 29.1. The van der Waals surface area contributed by atoms with Crippen LogP contribution in [-0.2, 0) is 20.8 Å². The topological polar surface area (TPSA) is 95.6 Å². The van der Waals surface area contributed by atoms with Gasteiger partial charge in [0.2, 0.25) is 5.91 Å². The predicted molar refractivity (Wildman–Crippen MR) is 155 cm³/mol. The molecule has 4 atom stereocenters. The highest BCUT2D eigenvalue weighted by Crippen LogP contribution is 2.32. The molecule has 2 N–H and O–H groups in total. The molecule has 2 aromatic rings. The van der Waals surface area contributed by atoms with E-state index in [0.717, 1.165) is 29.5 Å². The van der Waals surface area contributed by atoms with Crippen LogP contribution in [0, 0.1) is 5.92 Å². The molecule has 0 aliphatic heterocycles. The van der Waals surface area contributed by atoms with Gasteiger partial charge in [-0.3, -0.25) is 9.59 Å². The van der Waals surface area contributed by atoms with E-state index in [0.29, 0.717) is 12.8 Å². The fraction of sp³-hybridized carbons (Fsp3) is 0.517. The summed E-state index contributed by atoms with van der Waals surface area (Å²) in [7, 11) is -1.65. The van der Waals surface area contributed by atoms with Gasteiger partial charge in [-0.25, -0.2) is 8.42 Å². The van der Waals surface area contributed by atoms with Gasteiger partial charge in [0, 0.05) is 28.6 Å². The Hall–Kier alpha value is -2.57. The van der Waals surface area contributed by atoms with E-state index in [1.54, 1.807) is 24.3 Å². The predicted octanol–water partition coefficient (Wildman–Crippen LogP) is 5.01. The summed E-state index contributed by atoms with van der Waals surface area (Å²) in [6.45, 7) is 5.58. The number of nitrogens with one attached hydrogen (secondary N) is 2. The minimum Gasteiger partial charge on any atom is -0.351 e. The number of thioether (sulfide) groups is 1.